The third-order valence-corrected chi connectivity index (χ3v) is 3.78. The second-order valence-electron chi connectivity index (χ2n) is 6.12. The van der Waals surface area contributed by atoms with Gasteiger partial charge in [-0.05, 0) is 44.9 Å². The summed E-state index contributed by atoms with van der Waals surface area (Å²) in [5, 5.41) is 2.21. The fraction of sp³-hybridized carbons (Fsp3) is 0.500. The first-order valence-electron chi connectivity index (χ1n) is 7.00. The molecule has 0 saturated carbocycles. The number of carbonyl (C=O) groups excluding carboxylic acids is 1. The lowest BCUT2D eigenvalue weighted by molar-refractivity contribution is -0.0501. The molecular weight excluding hydrogens is 389 g/mol. The van der Waals surface area contributed by atoms with Crippen LogP contribution >= 0.6 is 0 Å². The topological polar surface area (TPSA) is 81.7 Å². The maximum absolute atomic E-state index is 14.1. The third kappa shape index (κ3) is 5.44. The number of nitrogens with one attached hydrogen (secondary N) is 1. The lowest BCUT2D eigenvalue weighted by Gasteiger charge is -2.20. The molecule has 0 atom stereocenters. The Morgan fingerprint density at radius 1 is 1.19 bits per heavy atom. The van der Waals surface area contributed by atoms with Crippen LogP contribution in [0.4, 0.5) is 26.7 Å². The zero-order valence-corrected chi connectivity index (χ0v) is 14.9. The number of carbonyl (C=O) groups is 1. The van der Waals surface area contributed by atoms with Crippen LogP contribution in [0, 0.1) is 18.6 Å². The third-order valence-electron chi connectivity index (χ3n) is 2.83. The van der Waals surface area contributed by atoms with Crippen LogP contribution in [0.1, 0.15) is 31.9 Å². The summed E-state index contributed by atoms with van der Waals surface area (Å²) in [5.74, 6) is -5.03. The van der Waals surface area contributed by atoms with Gasteiger partial charge in [-0.15, -0.1) is 0 Å². The molecule has 148 valence electrons. The quantitative estimate of drug-likeness (QED) is 0.471. The SMILES string of the molecule is Cc1c(CNC(=O)OC(C)(C)C)cc(F)c(OS(=O)(=O)C(F)(F)F)c1F. The summed E-state index contributed by atoms with van der Waals surface area (Å²) in [6.45, 7) is 5.40. The van der Waals surface area contributed by atoms with Crippen molar-refractivity contribution in [2.75, 3.05) is 0 Å². The average molecular weight is 405 g/mol. The van der Waals surface area contributed by atoms with Crippen molar-refractivity contribution in [1.29, 1.82) is 0 Å². The molecular formula is C14H16F5NO5S. The van der Waals surface area contributed by atoms with Gasteiger partial charge in [-0.3, -0.25) is 0 Å². The van der Waals surface area contributed by atoms with Crippen LogP contribution in [0.15, 0.2) is 6.07 Å². The van der Waals surface area contributed by atoms with Gasteiger partial charge in [0.05, 0.1) is 0 Å². The van der Waals surface area contributed by atoms with E-state index in [0.717, 1.165) is 6.92 Å². The van der Waals surface area contributed by atoms with Gasteiger partial charge in [0.2, 0.25) is 5.75 Å². The van der Waals surface area contributed by atoms with Crippen LogP contribution in [-0.2, 0) is 21.4 Å². The van der Waals surface area contributed by atoms with Gasteiger partial charge in [-0.1, -0.05) is 0 Å². The van der Waals surface area contributed by atoms with Gasteiger partial charge in [0.1, 0.15) is 5.60 Å². The van der Waals surface area contributed by atoms with Gasteiger partial charge in [-0.25, -0.2) is 13.6 Å². The number of rotatable bonds is 4. The Hall–Kier alpha value is -2.11. The van der Waals surface area contributed by atoms with Crippen LogP contribution in [0.3, 0.4) is 0 Å². The maximum Gasteiger partial charge on any atom is 0.534 e. The monoisotopic (exact) mass is 405 g/mol. The summed E-state index contributed by atoms with van der Waals surface area (Å²) in [6, 6.07) is 0.553. The van der Waals surface area contributed by atoms with Crippen LogP contribution in [-0.4, -0.2) is 25.6 Å². The molecule has 0 radical (unpaired) electrons. The second kappa shape index (κ2) is 7.25. The molecule has 0 unspecified atom stereocenters. The summed E-state index contributed by atoms with van der Waals surface area (Å²) in [6.07, 6.45) is -0.891. The number of halogens is 5. The van der Waals surface area contributed by atoms with Gasteiger partial charge < -0.3 is 14.2 Å². The Morgan fingerprint density at radius 3 is 2.19 bits per heavy atom. The summed E-state index contributed by atoms with van der Waals surface area (Å²) in [4.78, 5) is 11.5. The molecule has 0 aliphatic carbocycles. The van der Waals surface area contributed by atoms with Crippen molar-refractivity contribution in [2.45, 2.75) is 45.3 Å². The van der Waals surface area contributed by atoms with Gasteiger partial charge in [0.25, 0.3) is 0 Å². The highest BCUT2D eigenvalue weighted by atomic mass is 32.2. The fourth-order valence-electron chi connectivity index (χ4n) is 1.64. The number of ether oxygens (including phenoxy) is 1. The first kappa shape index (κ1) is 21.9. The Labute approximate surface area is 146 Å². The standard InChI is InChI=1S/C14H16F5NO5S/c1-7-8(6-20-12(21)24-13(2,3)4)5-9(15)11(10(7)16)25-26(22,23)14(17,18)19/h5H,6H2,1-4H3,(H,20,21). The van der Waals surface area contributed by atoms with Crippen molar-refractivity contribution in [3.63, 3.8) is 0 Å². The molecule has 1 aromatic carbocycles. The van der Waals surface area contributed by atoms with E-state index in [-0.39, 0.29) is 5.56 Å². The molecule has 0 heterocycles. The second-order valence-corrected chi connectivity index (χ2v) is 7.66. The molecule has 0 bridgehead atoms. The van der Waals surface area contributed by atoms with Gasteiger partial charge in [0.15, 0.2) is 11.6 Å². The highest BCUT2D eigenvalue weighted by Crippen LogP contribution is 2.32. The van der Waals surface area contributed by atoms with Crippen molar-refractivity contribution in [3.8, 4) is 5.75 Å². The van der Waals surface area contributed by atoms with Crippen molar-refractivity contribution < 1.29 is 44.1 Å². The summed E-state index contributed by atoms with van der Waals surface area (Å²) in [5.41, 5.74) is -7.23. The highest BCUT2D eigenvalue weighted by molar-refractivity contribution is 7.88. The predicted octanol–water partition coefficient (Wildman–Crippen LogP) is 3.53. The number of alkyl carbamates (subject to hydrolysis) is 1. The van der Waals surface area contributed by atoms with E-state index in [1.807, 2.05) is 0 Å². The largest absolute Gasteiger partial charge is 0.534 e. The summed E-state index contributed by atoms with van der Waals surface area (Å²) in [7, 11) is -6.24. The predicted molar refractivity (Wildman–Crippen MR) is 79.8 cm³/mol. The molecule has 1 N–H and O–H groups in total. The van der Waals surface area contributed by atoms with Gasteiger partial charge in [-0.2, -0.15) is 21.6 Å². The van der Waals surface area contributed by atoms with Crippen molar-refractivity contribution in [2.24, 2.45) is 0 Å². The molecule has 1 aromatic rings. The summed E-state index contributed by atoms with van der Waals surface area (Å²) >= 11 is 0. The number of hydrogen-bond acceptors (Lipinski definition) is 5. The van der Waals surface area contributed by atoms with E-state index >= 15 is 0 Å². The summed E-state index contributed by atoms with van der Waals surface area (Å²) < 4.78 is 95.1. The number of benzene rings is 1. The Kier molecular flexibility index (Phi) is 6.12. The minimum absolute atomic E-state index is 0.150. The van der Waals surface area contributed by atoms with E-state index in [1.54, 1.807) is 20.8 Å². The lowest BCUT2D eigenvalue weighted by atomic mass is 10.1. The number of hydrogen-bond donors (Lipinski definition) is 1. The highest BCUT2D eigenvalue weighted by Gasteiger charge is 2.49. The Bertz CT molecular complexity index is 799. The molecule has 0 aromatic heterocycles. The van der Waals surface area contributed by atoms with Crippen molar-refractivity contribution >= 4 is 16.2 Å². The van der Waals surface area contributed by atoms with E-state index in [2.05, 4.69) is 9.50 Å². The molecule has 0 aliphatic rings. The van der Waals surface area contributed by atoms with Crippen molar-refractivity contribution in [1.82, 2.24) is 5.32 Å². The molecule has 0 saturated heterocycles. The van der Waals surface area contributed by atoms with E-state index in [4.69, 9.17) is 4.74 Å². The molecule has 0 aliphatic heterocycles. The molecule has 0 spiro atoms. The Morgan fingerprint density at radius 2 is 1.73 bits per heavy atom. The van der Waals surface area contributed by atoms with Crippen LogP contribution in [0.25, 0.3) is 0 Å². The molecule has 1 amide bonds. The van der Waals surface area contributed by atoms with E-state index < -0.39 is 56.8 Å². The van der Waals surface area contributed by atoms with E-state index in [0.29, 0.717) is 6.07 Å². The lowest BCUT2D eigenvalue weighted by Crippen LogP contribution is -2.32. The van der Waals surface area contributed by atoms with Gasteiger partial charge >= 0.3 is 21.7 Å². The maximum atomic E-state index is 14.1. The molecule has 12 heteroatoms. The first-order chi connectivity index (χ1) is 11.5. The molecule has 6 nitrogen and oxygen atoms in total. The van der Waals surface area contributed by atoms with E-state index in [9.17, 15) is 35.2 Å². The van der Waals surface area contributed by atoms with Crippen LogP contribution in [0.5, 0.6) is 5.75 Å². The minimum atomic E-state index is -6.24. The zero-order chi connectivity index (χ0) is 20.5. The normalized spacial score (nSPS) is 12.7. The number of amides is 1. The first-order valence-corrected chi connectivity index (χ1v) is 8.41. The smallest absolute Gasteiger partial charge is 0.444 e. The molecule has 1 rings (SSSR count). The van der Waals surface area contributed by atoms with Crippen LogP contribution < -0.4 is 9.50 Å². The average Bonchev–Trinajstić information content (AvgIpc) is 2.43. The minimum Gasteiger partial charge on any atom is -0.444 e. The van der Waals surface area contributed by atoms with Crippen LogP contribution in [0.2, 0.25) is 0 Å². The molecule has 0 fully saturated rings. The van der Waals surface area contributed by atoms with Crippen molar-refractivity contribution in [3.05, 3.63) is 28.8 Å². The molecule has 26 heavy (non-hydrogen) atoms. The fourth-order valence-corrected chi connectivity index (χ4v) is 2.11. The van der Waals surface area contributed by atoms with E-state index in [1.165, 1.54) is 0 Å². The number of alkyl halides is 3. The zero-order valence-electron chi connectivity index (χ0n) is 14.1. The van der Waals surface area contributed by atoms with Gasteiger partial charge in [0, 0.05) is 6.54 Å². The Balaban J connectivity index is 3.07.